The van der Waals surface area contributed by atoms with Crippen molar-refractivity contribution >= 4 is 23.9 Å². The van der Waals surface area contributed by atoms with E-state index in [1.54, 1.807) is 41.2 Å². The summed E-state index contributed by atoms with van der Waals surface area (Å²) in [4.78, 5) is 21.1. The van der Waals surface area contributed by atoms with Gasteiger partial charge >= 0.3 is 0 Å². The van der Waals surface area contributed by atoms with E-state index in [0.29, 0.717) is 35.9 Å². The molecule has 3 N–H and O–H groups in total. The first-order valence-corrected chi connectivity index (χ1v) is 10.5. The number of benzene rings is 1. The summed E-state index contributed by atoms with van der Waals surface area (Å²) < 4.78 is 5.38. The maximum Gasteiger partial charge on any atom is 0.260 e. The first kappa shape index (κ1) is 22.4. The van der Waals surface area contributed by atoms with Crippen molar-refractivity contribution in [2.24, 2.45) is 0 Å². The summed E-state index contributed by atoms with van der Waals surface area (Å²) in [7, 11) is 3.46. The summed E-state index contributed by atoms with van der Waals surface area (Å²) in [5.41, 5.74) is 3.02. The van der Waals surface area contributed by atoms with Gasteiger partial charge in [-0.2, -0.15) is 0 Å². The molecule has 0 fully saturated rings. The van der Waals surface area contributed by atoms with Crippen molar-refractivity contribution in [2.45, 2.75) is 45.8 Å². The van der Waals surface area contributed by atoms with E-state index in [1.807, 2.05) is 27.0 Å². The molecular weight excluding hydrogens is 392 g/mol. The van der Waals surface area contributed by atoms with Gasteiger partial charge in [-0.3, -0.25) is 20.5 Å². The van der Waals surface area contributed by atoms with Crippen molar-refractivity contribution in [1.82, 2.24) is 15.2 Å². The number of rotatable bonds is 9. The first-order chi connectivity index (χ1) is 15.0. The molecule has 2 aromatic rings. The highest BCUT2D eigenvalue weighted by Crippen LogP contribution is 2.33. The first-order valence-electron chi connectivity index (χ1n) is 10.5. The summed E-state index contributed by atoms with van der Waals surface area (Å²) in [6, 6.07) is 9.10. The third-order valence-corrected chi connectivity index (χ3v) is 5.70. The number of carbonyl (C=O) groups is 1. The van der Waals surface area contributed by atoms with E-state index in [-0.39, 0.29) is 17.8 Å². The zero-order valence-electron chi connectivity index (χ0n) is 18.5. The van der Waals surface area contributed by atoms with Crippen LogP contribution in [-0.4, -0.2) is 48.2 Å². The van der Waals surface area contributed by atoms with Crippen LogP contribution in [0.4, 0.5) is 5.82 Å². The molecule has 1 aliphatic heterocycles. The highest BCUT2D eigenvalue weighted by molar-refractivity contribution is 6.10. The fraction of sp³-hybridized carbons (Fsp3) is 0.391. The number of hydrogen-bond acceptors (Lipinski definition) is 6. The van der Waals surface area contributed by atoms with Gasteiger partial charge in [-0.05, 0) is 55.3 Å². The van der Waals surface area contributed by atoms with Crippen LogP contribution in [-0.2, 0) is 13.1 Å². The maximum atomic E-state index is 13.2. The molecule has 0 saturated carbocycles. The fourth-order valence-electron chi connectivity index (χ4n) is 3.98. The molecule has 1 aromatic carbocycles. The second kappa shape index (κ2) is 9.70. The molecule has 8 nitrogen and oxygen atoms in total. The number of hydrogen-bond donors (Lipinski definition) is 3. The molecule has 3 rings (SSSR count). The summed E-state index contributed by atoms with van der Waals surface area (Å²) in [5, 5.41) is 19.5. The van der Waals surface area contributed by atoms with E-state index in [1.165, 1.54) is 6.34 Å². The number of methoxy groups -OCH3 is 1. The van der Waals surface area contributed by atoms with Gasteiger partial charge in [0.15, 0.2) is 5.84 Å². The minimum Gasteiger partial charge on any atom is -0.497 e. The van der Waals surface area contributed by atoms with Gasteiger partial charge in [0.2, 0.25) is 0 Å². The van der Waals surface area contributed by atoms with Gasteiger partial charge in [-0.1, -0.05) is 19.9 Å². The number of nitrogens with one attached hydrogen (secondary N) is 3. The van der Waals surface area contributed by atoms with Crippen LogP contribution in [0.25, 0.3) is 0 Å². The Balaban J connectivity index is 1.94. The number of amidine groups is 1. The minimum atomic E-state index is -0.133. The SMILES string of the molecule is CCC(CC)N(C=N)C(=N)c1cccc(N2Cc3c(CNC)cc(OC)cc3C2=O)n1. The van der Waals surface area contributed by atoms with Crippen LogP contribution in [0, 0.1) is 10.8 Å². The molecule has 1 aliphatic rings. The Labute approximate surface area is 183 Å². The molecule has 0 saturated heterocycles. The molecule has 8 heteroatoms. The van der Waals surface area contributed by atoms with Gasteiger partial charge in [-0.15, -0.1) is 0 Å². The third-order valence-electron chi connectivity index (χ3n) is 5.70. The maximum absolute atomic E-state index is 13.2. The summed E-state index contributed by atoms with van der Waals surface area (Å²) in [6.45, 7) is 5.13. The second-order valence-electron chi connectivity index (χ2n) is 7.47. The Morgan fingerprint density at radius 2 is 2.10 bits per heavy atom. The zero-order chi connectivity index (χ0) is 22.5. The molecule has 1 aromatic heterocycles. The monoisotopic (exact) mass is 422 g/mol. The van der Waals surface area contributed by atoms with E-state index in [0.717, 1.165) is 24.0 Å². The van der Waals surface area contributed by atoms with Crippen LogP contribution in [0.2, 0.25) is 0 Å². The normalized spacial score (nSPS) is 12.8. The van der Waals surface area contributed by atoms with Gasteiger partial charge in [-0.25, -0.2) is 4.98 Å². The Bertz CT molecular complexity index is 986. The van der Waals surface area contributed by atoms with E-state index < -0.39 is 0 Å². The van der Waals surface area contributed by atoms with Crippen molar-refractivity contribution in [2.75, 3.05) is 19.1 Å². The minimum absolute atomic E-state index is 0.0599. The number of nitrogens with zero attached hydrogens (tertiary/aromatic N) is 3. The number of ether oxygens (including phenoxy) is 1. The molecular formula is C23H30N6O2. The molecule has 1 amide bonds. The van der Waals surface area contributed by atoms with E-state index in [4.69, 9.17) is 15.6 Å². The van der Waals surface area contributed by atoms with Crippen LogP contribution in [0.15, 0.2) is 30.3 Å². The summed E-state index contributed by atoms with van der Waals surface area (Å²) in [5.74, 6) is 1.17. The predicted octanol–water partition coefficient (Wildman–Crippen LogP) is 3.39. The van der Waals surface area contributed by atoms with Gasteiger partial charge in [0.25, 0.3) is 5.91 Å². The quantitative estimate of drug-likeness (QED) is 0.424. The molecule has 164 valence electrons. The van der Waals surface area contributed by atoms with Crippen LogP contribution < -0.4 is 15.0 Å². The molecule has 0 unspecified atom stereocenters. The lowest BCUT2D eigenvalue weighted by Gasteiger charge is -2.28. The standard InChI is InChI=1S/C23H30N6O2/c1-5-16(6-2)29(14-24)22(25)20-8-7-9-21(27-20)28-13-19-15(12-26-3)10-17(31-4)11-18(19)23(28)30/h7-11,14,16,24-26H,5-6,12-13H2,1-4H3. The summed E-state index contributed by atoms with van der Waals surface area (Å²) >= 11 is 0. The largest absolute Gasteiger partial charge is 0.497 e. The molecule has 0 aliphatic carbocycles. The Morgan fingerprint density at radius 1 is 1.35 bits per heavy atom. The Hall–Kier alpha value is -3.26. The number of pyridine rings is 1. The predicted molar refractivity (Wildman–Crippen MR) is 122 cm³/mol. The Morgan fingerprint density at radius 3 is 2.71 bits per heavy atom. The summed E-state index contributed by atoms with van der Waals surface area (Å²) in [6.07, 6.45) is 2.83. The van der Waals surface area contributed by atoms with Crippen LogP contribution in [0.3, 0.4) is 0 Å². The molecule has 0 spiro atoms. The number of fused-ring (bicyclic) bond motifs is 1. The average Bonchev–Trinajstić information content (AvgIpc) is 3.13. The molecule has 0 atom stereocenters. The van der Waals surface area contributed by atoms with Crippen molar-refractivity contribution < 1.29 is 9.53 Å². The van der Waals surface area contributed by atoms with E-state index in [2.05, 4.69) is 10.3 Å². The van der Waals surface area contributed by atoms with Gasteiger partial charge < -0.3 is 15.0 Å². The van der Waals surface area contributed by atoms with Gasteiger partial charge in [0, 0.05) is 18.2 Å². The number of carbonyl (C=O) groups excluding carboxylic acids is 1. The lowest BCUT2D eigenvalue weighted by Crippen LogP contribution is -2.39. The average molecular weight is 423 g/mol. The topological polar surface area (TPSA) is 105 Å². The fourth-order valence-corrected chi connectivity index (χ4v) is 3.98. The third kappa shape index (κ3) is 4.29. The number of anilines is 1. The van der Waals surface area contributed by atoms with E-state index >= 15 is 0 Å². The number of aromatic nitrogens is 1. The van der Waals surface area contributed by atoms with Crippen molar-refractivity contribution in [1.29, 1.82) is 10.8 Å². The zero-order valence-corrected chi connectivity index (χ0v) is 18.5. The molecule has 31 heavy (non-hydrogen) atoms. The lowest BCUT2D eigenvalue weighted by molar-refractivity contribution is 0.0995. The van der Waals surface area contributed by atoms with Crippen LogP contribution in [0.5, 0.6) is 5.75 Å². The molecule has 0 bridgehead atoms. The highest BCUT2D eigenvalue weighted by atomic mass is 16.5. The Kier molecular flexibility index (Phi) is 7.02. The van der Waals surface area contributed by atoms with E-state index in [9.17, 15) is 4.79 Å². The highest BCUT2D eigenvalue weighted by Gasteiger charge is 2.32. The van der Waals surface area contributed by atoms with Crippen molar-refractivity contribution in [3.63, 3.8) is 0 Å². The van der Waals surface area contributed by atoms with Gasteiger partial charge in [0.1, 0.15) is 17.3 Å². The lowest BCUT2D eigenvalue weighted by atomic mass is 10.0. The number of amides is 1. The molecule has 2 heterocycles. The molecule has 0 radical (unpaired) electrons. The van der Waals surface area contributed by atoms with Crippen molar-refractivity contribution in [3.05, 3.63) is 52.7 Å². The van der Waals surface area contributed by atoms with Crippen LogP contribution in [0.1, 0.15) is 53.9 Å². The van der Waals surface area contributed by atoms with Crippen molar-refractivity contribution in [3.8, 4) is 5.75 Å². The van der Waals surface area contributed by atoms with Crippen LogP contribution >= 0.6 is 0 Å². The second-order valence-corrected chi connectivity index (χ2v) is 7.47. The van der Waals surface area contributed by atoms with Gasteiger partial charge in [0.05, 0.1) is 20.0 Å². The smallest absolute Gasteiger partial charge is 0.260 e.